The van der Waals surface area contributed by atoms with Crippen LogP contribution >= 0.6 is 0 Å². The third-order valence-electron chi connectivity index (χ3n) is 2.96. The van der Waals surface area contributed by atoms with Gasteiger partial charge in [0.2, 0.25) is 5.78 Å². The van der Waals surface area contributed by atoms with Gasteiger partial charge in [-0.1, -0.05) is 43.7 Å². The highest BCUT2D eigenvalue weighted by Gasteiger charge is 2.27. The molecule has 0 aromatic heterocycles. The van der Waals surface area contributed by atoms with E-state index in [1.807, 2.05) is 37.3 Å². The SMILES string of the molecule is CCCCC(C(=O)CCc1ccccc1)[N+](=O)[O-]. The number of hydrogen-bond donors (Lipinski definition) is 0. The molecule has 1 unspecified atom stereocenters. The molecule has 1 rings (SSSR count). The molecule has 0 radical (unpaired) electrons. The first kappa shape index (κ1) is 14.4. The van der Waals surface area contributed by atoms with Crippen molar-refractivity contribution in [3.05, 3.63) is 46.0 Å². The first-order chi connectivity index (χ1) is 8.65. The van der Waals surface area contributed by atoms with Crippen molar-refractivity contribution in [3.63, 3.8) is 0 Å². The summed E-state index contributed by atoms with van der Waals surface area (Å²) >= 11 is 0. The first-order valence-corrected chi connectivity index (χ1v) is 6.35. The molecule has 0 bridgehead atoms. The van der Waals surface area contributed by atoms with Crippen molar-refractivity contribution in [1.29, 1.82) is 0 Å². The fraction of sp³-hybridized carbons (Fsp3) is 0.500. The van der Waals surface area contributed by atoms with E-state index in [9.17, 15) is 14.9 Å². The van der Waals surface area contributed by atoms with E-state index in [2.05, 4.69) is 0 Å². The molecule has 0 aliphatic rings. The van der Waals surface area contributed by atoms with Gasteiger partial charge in [-0.15, -0.1) is 0 Å². The average Bonchev–Trinajstić information content (AvgIpc) is 2.37. The summed E-state index contributed by atoms with van der Waals surface area (Å²) in [6, 6.07) is 8.56. The van der Waals surface area contributed by atoms with E-state index < -0.39 is 11.0 Å². The molecule has 0 spiro atoms. The number of nitrogens with zero attached hydrogens (tertiary/aromatic N) is 1. The number of benzene rings is 1. The molecule has 4 heteroatoms. The quantitative estimate of drug-likeness (QED) is 0.525. The first-order valence-electron chi connectivity index (χ1n) is 6.35. The average molecular weight is 249 g/mol. The Hall–Kier alpha value is -1.71. The van der Waals surface area contributed by atoms with Gasteiger partial charge in [0.05, 0.1) is 0 Å². The fourth-order valence-corrected chi connectivity index (χ4v) is 1.86. The van der Waals surface area contributed by atoms with E-state index >= 15 is 0 Å². The minimum atomic E-state index is -1.02. The number of unbranched alkanes of at least 4 members (excludes halogenated alkanes) is 1. The molecule has 0 saturated heterocycles. The molecule has 1 aromatic rings. The number of Topliss-reactive ketones (excluding diaryl/α,β-unsaturated/α-hetero) is 1. The summed E-state index contributed by atoms with van der Waals surface area (Å²) in [4.78, 5) is 22.2. The van der Waals surface area contributed by atoms with Gasteiger partial charge in [0.25, 0.3) is 6.04 Å². The predicted molar refractivity (Wildman–Crippen MR) is 70.1 cm³/mol. The maximum atomic E-state index is 11.8. The maximum Gasteiger partial charge on any atom is 0.270 e. The minimum absolute atomic E-state index is 0.249. The van der Waals surface area contributed by atoms with Crippen molar-refractivity contribution < 1.29 is 9.72 Å². The maximum absolute atomic E-state index is 11.8. The second kappa shape index (κ2) is 7.58. The normalized spacial score (nSPS) is 12.1. The van der Waals surface area contributed by atoms with Gasteiger partial charge in [0.1, 0.15) is 0 Å². The van der Waals surface area contributed by atoms with E-state index in [0.29, 0.717) is 12.8 Å². The second-order valence-corrected chi connectivity index (χ2v) is 4.40. The smallest absolute Gasteiger partial charge is 0.270 e. The minimum Gasteiger partial charge on any atom is -0.292 e. The summed E-state index contributed by atoms with van der Waals surface area (Å²) < 4.78 is 0. The van der Waals surface area contributed by atoms with Crippen LogP contribution in [-0.2, 0) is 11.2 Å². The topological polar surface area (TPSA) is 60.2 Å². The Morgan fingerprint density at radius 3 is 2.56 bits per heavy atom. The zero-order valence-corrected chi connectivity index (χ0v) is 10.7. The van der Waals surface area contributed by atoms with Gasteiger partial charge in [-0.25, -0.2) is 0 Å². The van der Waals surface area contributed by atoms with E-state index in [1.54, 1.807) is 0 Å². The Morgan fingerprint density at radius 1 is 1.33 bits per heavy atom. The molecule has 1 atom stereocenters. The van der Waals surface area contributed by atoms with Crippen LogP contribution in [0.3, 0.4) is 0 Å². The Balaban J connectivity index is 2.49. The molecule has 0 aliphatic heterocycles. The van der Waals surface area contributed by atoms with Gasteiger partial charge in [0.15, 0.2) is 0 Å². The van der Waals surface area contributed by atoms with E-state index in [0.717, 1.165) is 18.4 Å². The van der Waals surface area contributed by atoms with Gasteiger partial charge in [-0.3, -0.25) is 14.9 Å². The number of ketones is 1. The van der Waals surface area contributed by atoms with Crippen LogP contribution in [0, 0.1) is 10.1 Å². The van der Waals surface area contributed by atoms with Crippen molar-refractivity contribution in [2.45, 2.75) is 45.1 Å². The van der Waals surface area contributed by atoms with Crippen molar-refractivity contribution in [3.8, 4) is 0 Å². The van der Waals surface area contributed by atoms with Gasteiger partial charge < -0.3 is 0 Å². The number of aryl methyl sites for hydroxylation is 1. The van der Waals surface area contributed by atoms with Gasteiger partial charge >= 0.3 is 0 Å². The number of hydrogen-bond acceptors (Lipinski definition) is 3. The number of carbonyl (C=O) groups excluding carboxylic acids is 1. The Bertz CT molecular complexity index is 389. The van der Waals surface area contributed by atoms with Crippen molar-refractivity contribution in [1.82, 2.24) is 0 Å². The molecule has 0 saturated carbocycles. The zero-order valence-electron chi connectivity index (χ0n) is 10.7. The van der Waals surface area contributed by atoms with Crippen molar-refractivity contribution >= 4 is 5.78 Å². The summed E-state index contributed by atoms with van der Waals surface area (Å²) in [5.41, 5.74) is 1.04. The summed E-state index contributed by atoms with van der Waals surface area (Å²) in [7, 11) is 0. The Morgan fingerprint density at radius 2 is 2.00 bits per heavy atom. The van der Waals surface area contributed by atoms with Crippen molar-refractivity contribution in [2.24, 2.45) is 0 Å². The van der Waals surface area contributed by atoms with Crippen LogP contribution in [0.15, 0.2) is 30.3 Å². The largest absolute Gasteiger partial charge is 0.292 e. The van der Waals surface area contributed by atoms with E-state index in [4.69, 9.17) is 0 Å². The summed E-state index contributed by atoms with van der Waals surface area (Å²) in [6.07, 6.45) is 2.78. The summed E-state index contributed by atoms with van der Waals surface area (Å²) in [5, 5.41) is 10.8. The standard InChI is InChI=1S/C14H19NO3/c1-2-3-9-13(15(17)18)14(16)11-10-12-7-5-4-6-8-12/h4-8,13H,2-3,9-11H2,1H3. The lowest BCUT2D eigenvalue weighted by molar-refractivity contribution is -0.508. The molecule has 0 heterocycles. The molecular formula is C14H19NO3. The van der Waals surface area contributed by atoms with Crippen LogP contribution in [0.2, 0.25) is 0 Å². The molecule has 0 N–H and O–H groups in total. The van der Waals surface area contributed by atoms with Crippen LogP contribution in [0.25, 0.3) is 0 Å². The Labute approximate surface area is 107 Å². The predicted octanol–water partition coefficient (Wildman–Crippen LogP) is 3.02. The van der Waals surface area contributed by atoms with Crippen LogP contribution in [0.4, 0.5) is 0 Å². The number of rotatable bonds is 8. The molecule has 0 fully saturated rings. The van der Waals surface area contributed by atoms with Crippen LogP contribution < -0.4 is 0 Å². The monoisotopic (exact) mass is 249 g/mol. The molecule has 0 amide bonds. The molecule has 1 aromatic carbocycles. The van der Waals surface area contributed by atoms with E-state index in [-0.39, 0.29) is 12.2 Å². The number of carbonyl (C=O) groups is 1. The van der Waals surface area contributed by atoms with Crippen LogP contribution in [-0.4, -0.2) is 16.7 Å². The highest BCUT2D eigenvalue weighted by atomic mass is 16.6. The third kappa shape index (κ3) is 4.65. The third-order valence-corrected chi connectivity index (χ3v) is 2.96. The molecule has 4 nitrogen and oxygen atoms in total. The zero-order chi connectivity index (χ0) is 13.4. The van der Waals surface area contributed by atoms with Gasteiger partial charge in [-0.2, -0.15) is 0 Å². The fourth-order valence-electron chi connectivity index (χ4n) is 1.86. The Kier molecular flexibility index (Phi) is 6.05. The van der Waals surface area contributed by atoms with Gasteiger partial charge in [0, 0.05) is 17.8 Å². The number of nitro groups is 1. The molecule has 98 valence electrons. The molecule has 18 heavy (non-hydrogen) atoms. The summed E-state index contributed by atoms with van der Waals surface area (Å²) in [6.45, 7) is 1.96. The van der Waals surface area contributed by atoms with Crippen molar-refractivity contribution in [2.75, 3.05) is 0 Å². The van der Waals surface area contributed by atoms with E-state index in [1.165, 1.54) is 0 Å². The highest BCUT2D eigenvalue weighted by molar-refractivity contribution is 5.82. The highest BCUT2D eigenvalue weighted by Crippen LogP contribution is 2.10. The second-order valence-electron chi connectivity index (χ2n) is 4.40. The lowest BCUT2D eigenvalue weighted by Gasteiger charge is -2.07. The molecule has 0 aliphatic carbocycles. The lowest BCUT2D eigenvalue weighted by Crippen LogP contribution is -2.29. The van der Waals surface area contributed by atoms with Gasteiger partial charge in [-0.05, 0) is 18.4 Å². The summed E-state index contributed by atoms with van der Waals surface area (Å²) in [5.74, 6) is -0.252. The lowest BCUT2D eigenvalue weighted by atomic mass is 10.0. The molecular weight excluding hydrogens is 230 g/mol. The van der Waals surface area contributed by atoms with Crippen LogP contribution in [0.1, 0.15) is 38.2 Å². The van der Waals surface area contributed by atoms with Crippen LogP contribution in [0.5, 0.6) is 0 Å².